The molecule has 0 heterocycles. The van der Waals surface area contributed by atoms with Crippen LogP contribution in [0.3, 0.4) is 0 Å². The molecule has 0 fully saturated rings. The number of carbonyl (C=O) groups excluding carboxylic acids is 1. The summed E-state index contributed by atoms with van der Waals surface area (Å²) in [6, 6.07) is 0. The number of rotatable bonds is 5. The van der Waals surface area contributed by atoms with Gasteiger partial charge in [-0.2, -0.15) is 0 Å². The quantitative estimate of drug-likeness (QED) is 0.693. The maximum Gasteiger partial charge on any atom is 0.216 e. The molecule has 15 heavy (non-hydrogen) atoms. The van der Waals surface area contributed by atoms with Crippen molar-refractivity contribution in [2.45, 2.75) is 46.0 Å². The largest absolute Gasteiger partial charge is 0.356 e. The SMILES string of the molecule is CCC(CNC(C)=O)CC1CC=CCC1. The van der Waals surface area contributed by atoms with Gasteiger partial charge in [0.05, 0.1) is 0 Å². The third-order valence-electron chi connectivity index (χ3n) is 3.26. The minimum Gasteiger partial charge on any atom is -0.356 e. The van der Waals surface area contributed by atoms with Gasteiger partial charge in [0.1, 0.15) is 0 Å². The number of amides is 1. The highest BCUT2D eigenvalue weighted by Gasteiger charge is 2.15. The van der Waals surface area contributed by atoms with Crippen molar-refractivity contribution in [2.75, 3.05) is 6.54 Å². The van der Waals surface area contributed by atoms with Crippen LogP contribution in [0.2, 0.25) is 0 Å². The molecule has 0 aromatic rings. The predicted octanol–water partition coefficient (Wildman–Crippen LogP) is 2.90. The molecule has 0 aromatic carbocycles. The Morgan fingerprint density at radius 1 is 1.53 bits per heavy atom. The molecule has 1 amide bonds. The number of carbonyl (C=O) groups is 1. The van der Waals surface area contributed by atoms with Gasteiger partial charge in [-0.15, -0.1) is 0 Å². The number of nitrogens with one attached hydrogen (secondary N) is 1. The number of allylic oxidation sites excluding steroid dienone is 2. The molecule has 0 aliphatic heterocycles. The van der Waals surface area contributed by atoms with Gasteiger partial charge in [-0.25, -0.2) is 0 Å². The third-order valence-corrected chi connectivity index (χ3v) is 3.26. The van der Waals surface area contributed by atoms with Gasteiger partial charge in [0.25, 0.3) is 0 Å². The van der Waals surface area contributed by atoms with Crippen molar-refractivity contribution >= 4 is 5.91 Å². The minimum atomic E-state index is 0.0944. The van der Waals surface area contributed by atoms with Crippen molar-refractivity contribution in [1.82, 2.24) is 5.32 Å². The van der Waals surface area contributed by atoms with Gasteiger partial charge in [-0.3, -0.25) is 4.79 Å². The molecule has 2 nitrogen and oxygen atoms in total. The minimum absolute atomic E-state index is 0.0944. The molecule has 2 atom stereocenters. The van der Waals surface area contributed by atoms with E-state index in [2.05, 4.69) is 24.4 Å². The summed E-state index contributed by atoms with van der Waals surface area (Å²) in [5.74, 6) is 1.59. The van der Waals surface area contributed by atoms with E-state index in [-0.39, 0.29) is 5.91 Å². The van der Waals surface area contributed by atoms with E-state index in [9.17, 15) is 4.79 Å². The summed E-state index contributed by atoms with van der Waals surface area (Å²) >= 11 is 0. The van der Waals surface area contributed by atoms with Crippen molar-refractivity contribution in [2.24, 2.45) is 11.8 Å². The summed E-state index contributed by atoms with van der Waals surface area (Å²) in [4.78, 5) is 10.8. The van der Waals surface area contributed by atoms with E-state index in [1.165, 1.54) is 32.1 Å². The van der Waals surface area contributed by atoms with Crippen LogP contribution in [0.4, 0.5) is 0 Å². The lowest BCUT2D eigenvalue weighted by Gasteiger charge is -2.23. The average molecular weight is 209 g/mol. The smallest absolute Gasteiger partial charge is 0.216 e. The number of hydrogen-bond acceptors (Lipinski definition) is 1. The first-order chi connectivity index (χ1) is 7.22. The maximum atomic E-state index is 10.8. The Hall–Kier alpha value is -0.790. The van der Waals surface area contributed by atoms with Crippen LogP contribution in [-0.4, -0.2) is 12.5 Å². The Balaban J connectivity index is 2.25. The number of hydrogen-bond donors (Lipinski definition) is 1. The van der Waals surface area contributed by atoms with Crippen LogP contribution in [0.1, 0.15) is 46.0 Å². The standard InChI is InChI=1S/C13H23NO/c1-3-12(10-14-11(2)15)9-13-7-5-4-6-8-13/h4-5,12-13H,3,6-10H2,1-2H3,(H,14,15). The first kappa shape index (κ1) is 12.3. The lowest BCUT2D eigenvalue weighted by molar-refractivity contribution is -0.119. The van der Waals surface area contributed by atoms with Crippen LogP contribution in [0.15, 0.2) is 12.2 Å². The van der Waals surface area contributed by atoms with Gasteiger partial charge >= 0.3 is 0 Å². The van der Waals surface area contributed by atoms with Crippen molar-refractivity contribution in [1.29, 1.82) is 0 Å². The van der Waals surface area contributed by atoms with E-state index in [1.807, 2.05) is 0 Å². The van der Waals surface area contributed by atoms with Gasteiger partial charge in [0, 0.05) is 13.5 Å². The van der Waals surface area contributed by atoms with Crippen LogP contribution >= 0.6 is 0 Å². The van der Waals surface area contributed by atoms with E-state index in [0.717, 1.165) is 12.5 Å². The highest BCUT2D eigenvalue weighted by Crippen LogP contribution is 2.26. The molecular weight excluding hydrogens is 186 g/mol. The van der Waals surface area contributed by atoms with Crippen LogP contribution in [0.25, 0.3) is 0 Å². The normalized spacial score (nSPS) is 22.4. The summed E-state index contributed by atoms with van der Waals surface area (Å²) < 4.78 is 0. The van der Waals surface area contributed by atoms with Crippen molar-refractivity contribution in [3.8, 4) is 0 Å². The second-order valence-electron chi connectivity index (χ2n) is 4.60. The van der Waals surface area contributed by atoms with Crippen LogP contribution in [-0.2, 0) is 4.79 Å². The highest BCUT2D eigenvalue weighted by molar-refractivity contribution is 5.72. The summed E-state index contributed by atoms with van der Waals surface area (Å²) in [5, 5.41) is 2.93. The first-order valence-electron chi connectivity index (χ1n) is 6.11. The molecule has 0 aromatic heterocycles. The fraction of sp³-hybridized carbons (Fsp3) is 0.769. The Morgan fingerprint density at radius 2 is 2.33 bits per heavy atom. The highest BCUT2D eigenvalue weighted by atomic mass is 16.1. The summed E-state index contributed by atoms with van der Waals surface area (Å²) in [6.45, 7) is 4.66. The molecule has 1 aliphatic carbocycles. The topological polar surface area (TPSA) is 29.1 Å². The summed E-state index contributed by atoms with van der Waals surface area (Å²) in [5.41, 5.74) is 0. The van der Waals surface area contributed by atoms with Crippen molar-refractivity contribution in [3.05, 3.63) is 12.2 Å². The summed E-state index contributed by atoms with van der Waals surface area (Å²) in [6.07, 6.45) is 10.8. The zero-order valence-electron chi connectivity index (χ0n) is 9.96. The fourth-order valence-electron chi connectivity index (χ4n) is 2.22. The van der Waals surface area contributed by atoms with Crippen molar-refractivity contribution < 1.29 is 4.79 Å². The molecule has 0 saturated carbocycles. The molecule has 1 aliphatic rings. The van der Waals surface area contributed by atoms with Gasteiger partial charge < -0.3 is 5.32 Å². The van der Waals surface area contributed by atoms with Crippen LogP contribution in [0.5, 0.6) is 0 Å². The molecule has 86 valence electrons. The zero-order valence-corrected chi connectivity index (χ0v) is 9.96. The van der Waals surface area contributed by atoms with E-state index in [0.29, 0.717) is 5.92 Å². The maximum absolute atomic E-state index is 10.8. The summed E-state index contributed by atoms with van der Waals surface area (Å²) in [7, 11) is 0. The molecule has 1 rings (SSSR count). The molecule has 0 saturated heterocycles. The second-order valence-corrected chi connectivity index (χ2v) is 4.60. The monoisotopic (exact) mass is 209 g/mol. The molecular formula is C13H23NO. The van der Waals surface area contributed by atoms with E-state index < -0.39 is 0 Å². The first-order valence-corrected chi connectivity index (χ1v) is 6.11. The average Bonchev–Trinajstić information content (AvgIpc) is 2.25. The molecule has 2 unspecified atom stereocenters. The lowest BCUT2D eigenvalue weighted by atomic mass is 9.85. The Bertz CT molecular complexity index is 223. The van der Waals surface area contributed by atoms with E-state index in [4.69, 9.17) is 0 Å². The molecule has 0 bridgehead atoms. The Labute approximate surface area is 93.1 Å². The van der Waals surface area contributed by atoms with Crippen LogP contribution < -0.4 is 5.32 Å². The Kier molecular flexibility index (Phi) is 5.44. The second kappa shape index (κ2) is 6.65. The van der Waals surface area contributed by atoms with Crippen molar-refractivity contribution in [3.63, 3.8) is 0 Å². The third kappa shape index (κ3) is 5.01. The Morgan fingerprint density at radius 3 is 2.87 bits per heavy atom. The molecule has 1 N–H and O–H groups in total. The van der Waals surface area contributed by atoms with E-state index in [1.54, 1.807) is 6.92 Å². The molecule has 0 radical (unpaired) electrons. The zero-order chi connectivity index (χ0) is 11.1. The molecule has 0 spiro atoms. The van der Waals surface area contributed by atoms with Gasteiger partial charge in [0.15, 0.2) is 0 Å². The predicted molar refractivity (Wildman–Crippen MR) is 63.6 cm³/mol. The van der Waals surface area contributed by atoms with Crippen LogP contribution in [0, 0.1) is 11.8 Å². The fourth-order valence-corrected chi connectivity index (χ4v) is 2.22. The molecule has 2 heteroatoms. The van der Waals surface area contributed by atoms with Gasteiger partial charge in [-0.05, 0) is 37.5 Å². The van der Waals surface area contributed by atoms with Gasteiger partial charge in [-0.1, -0.05) is 25.5 Å². The van der Waals surface area contributed by atoms with Gasteiger partial charge in [0.2, 0.25) is 5.91 Å². The van der Waals surface area contributed by atoms with E-state index >= 15 is 0 Å². The lowest BCUT2D eigenvalue weighted by Crippen LogP contribution is -2.28.